The Morgan fingerprint density at radius 3 is 0.579 bits per heavy atom. The fraction of sp³-hybridized carbons (Fsp3) is 0. The van der Waals surface area contributed by atoms with Crippen LogP contribution in [0.5, 0.6) is 0 Å². The van der Waals surface area contributed by atoms with Crippen LogP contribution in [0.15, 0.2) is 91.0 Å². The first kappa shape index (κ1) is 17.3. The van der Waals surface area contributed by atoms with Gasteiger partial charge in [0.25, 0.3) is 0 Å². The Bertz CT molecular complexity index is 296. The summed E-state index contributed by atoms with van der Waals surface area (Å²) in [5.41, 5.74) is 0. The molecule has 0 aliphatic rings. The van der Waals surface area contributed by atoms with E-state index in [2.05, 4.69) is 18.2 Å². The van der Waals surface area contributed by atoms with Crippen LogP contribution in [0.1, 0.15) is 0 Å². The normalized spacial score (nSPS) is 7.58. The molecule has 3 aromatic carbocycles. The van der Waals surface area contributed by atoms with Gasteiger partial charge in [0.2, 0.25) is 0 Å². The van der Waals surface area contributed by atoms with Crippen LogP contribution in [0, 0.1) is 18.2 Å². The Hall–Kier alpha value is -1.69. The standard InChI is InChI=1S/3C6H5.Tc/c3*1-2-4-6-5-3-1;/h3*1-5H;/q3*-1;. The van der Waals surface area contributed by atoms with E-state index in [1.165, 1.54) is 0 Å². The number of rotatable bonds is 0. The third-order valence-corrected chi connectivity index (χ3v) is 1.82. The van der Waals surface area contributed by atoms with Crippen LogP contribution < -0.4 is 0 Å². The number of benzene rings is 3. The molecule has 0 aliphatic carbocycles. The summed E-state index contributed by atoms with van der Waals surface area (Å²) in [5, 5.41) is 0. The minimum Gasteiger partial charge on any atom is -0.184 e. The molecule has 0 fully saturated rings. The molecule has 0 heterocycles. The summed E-state index contributed by atoms with van der Waals surface area (Å²) < 4.78 is 0. The van der Waals surface area contributed by atoms with Gasteiger partial charge in [-0.3, -0.25) is 0 Å². The maximum absolute atomic E-state index is 2.89. The van der Waals surface area contributed by atoms with Gasteiger partial charge in [-0.25, -0.2) is 0 Å². The summed E-state index contributed by atoms with van der Waals surface area (Å²) in [6.45, 7) is 0. The second-order valence-corrected chi connectivity index (χ2v) is 3.23. The molecule has 0 saturated heterocycles. The molecule has 0 bridgehead atoms. The van der Waals surface area contributed by atoms with E-state index >= 15 is 0 Å². The molecule has 3 rings (SSSR count). The largest absolute Gasteiger partial charge is 0.184 e. The van der Waals surface area contributed by atoms with Gasteiger partial charge in [0.1, 0.15) is 0 Å². The van der Waals surface area contributed by atoms with Crippen LogP contribution in [0.2, 0.25) is 0 Å². The van der Waals surface area contributed by atoms with E-state index in [1.54, 1.807) is 0 Å². The molecule has 0 nitrogen and oxygen atoms in total. The summed E-state index contributed by atoms with van der Waals surface area (Å²) in [4.78, 5) is 0. The molecule has 0 saturated carbocycles. The quantitative estimate of drug-likeness (QED) is 0.534. The maximum Gasteiger partial charge on any atom is 0 e. The van der Waals surface area contributed by atoms with Gasteiger partial charge in [0, 0.05) is 20.1 Å². The predicted octanol–water partition coefficient (Wildman–Crippen LogP) is 4.46. The third kappa shape index (κ3) is 12.6. The van der Waals surface area contributed by atoms with Gasteiger partial charge in [-0.05, 0) is 0 Å². The van der Waals surface area contributed by atoms with Gasteiger partial charge >= 0.3 is 0 Å². The van der Waals surface area contributed by atoms with Crippen LogP contribution in [-0.4, -0.2) is 0 Å². The third-order valence-electron chi connectivity index (χ3n) is 1.82. The van der Waals surface area contributed by atoms with Crippen molar-refractivity contribution in [3.05, 3.63) is 109 Å². The second kappa shape index (κ2) is 14.4. The van der Waals surface area contributed by atoms with Crippen molar-refractivity contribution >= 4 is 0 Å². The van der Waals surface area contributed by atoms with Crippen molar-refractivity contribution in [2.75, 3.05) is 0 Å². The summed E-state index contributed by atoms with van der Waals surface area (Å²) >= 11 is 0. The van der Waals surface area contributed by atoms with Crippen molar-refractivity contribution < 1.29 is 20.1 Å². The molecule has 0 unspecified atom stereocenters. The van der Waals surface area contributed by atoms with Crippen molar-refractivity contribution in [3.63, 3.8) is 0 Å². The Kier molecular flexibility index (Phi) is 13.1. The van der Waals surface area contributed by atoms with Crippen LogP contribution in [-0.2, 0) is 20.1 Å². The van der Waals surface area contributed by atoms with E-state index in [0.717, 1.165) is 0 Å². The second-order valence-electron chi connectivity index (χ2n) is 3.23. The summed E-state index contributed by atoms with van der Waals surface area (Å²) in [5.74, 6) is 0. The van der Waals surface area contributed by atoms with Gasteiger partial charge in [-0.15, -0.1) is 0 Å². The van der Waals surface area contributed by atoms with E-state index in [0.29, 0.717) is 0 Å². The van der Waals surface area contributed by atoms with Gasteiger partial charge in [0.15, 0.2) is 0 Å². The molecule has 1 radical (unpaired) electrons. The van der Waals surface area contributed by atoms with Crippen LogP contribution in [0.4, 0.5) is 0 Å². The summed E-state index contributed by atoms with van der Waals surface area (Å²) in [7, 11) is 0. The Morgan fingerprint density at radius 1 is 0.316 bits per heavy atom. The molecule has 0 atom stereocenters. The zero-order chi connectivity index (χ0) is 12.7. The first-order valence-electron chi connectivity index (χ1n) is 5.73. The molecule has 0 aromatic heterocycles. The Balaban J connectivity index is 0.000000249. The first-order valence-corrected chi connectivity index (χ1v) is 5.73. The molecule has 97 valence electrons. The fourth-order valence-corrected chi connectivity index (χ4v) is 1.03. The minimum absolute atomic E-state index is 0. The average molecular weight is 329 g/mol. The minimum atomic E-state index is 0. The topological polar surface area (TPSA) is 0 Å². The monoisotopic (exact) mass is 328 g/mol. The van der Waals surface area contributed by atoms with Gasteiger partial charge < -0.3 is 0 Å². The molecular weight excluding hydrogens is 314 g/mol. The molecule has 0 spiro atoms. The van der Waals surface area contributed by atoms with Crippen molar-refractivity contribution in [3.8, 4) is 0 Å². The van der Waals surface area contributed by atoms with E-state index in [1.807, 2.05) is 91.0 Å². The van der Waals surface area contributed by atoms with Crippen LogP contribution in [0.3, 0.4) is 0 Å². The van der Waals surface area contributed by atoms with E-state index in [-0.39, 0.29) is 20.1 Å². The van der Waals surface area contributed by atoms with E-state index in [4.69, 9.17) is 0 Å². The van der Waals surface area contributed by atoms with E-state index < -0.39 is 0 Å². The zero-order valence-electron chi connectivity index (χ0n) is 10.5. The van der Waals surface area contributed by atoms with Crippen molar-refractivity contribution in [2.45, 2.75) is 0 Å². The van der Waals surface area contributed by atoms with Gasteiger partial charge in [-0.1, -0.05) is 0 Å². The fourth-order valence-electron chi connectivity index (χ4n) is 1.03. The van der Waals surface area contributed by atoms with Crippen molar-refractivity contribution in [1.29, 1.82) is 0 Å². The van der Waals surface area contributed by atoms with Crippen molar-refractivity contribution in [2.24, 2.45) is 0 Å². The molecule has 19 heavy (non-hydrogen) atoms. The summed E-state index contributed by atoms with van der Waals surface area (Å²) in [6, 6.07) is 37.5. The SMILES string of the molecule is [Tc].[c-]1ccccc1.[c-]1ccccc1.[c-]1ccccc1. The molecule has 3 aromatic rings. The molecular formula is C18H15Tc-3. The van der Waals surface area contributed by atoms with Gasteiger partial charge in [-0.2, -0.15) is 109 Å². The van der Waals surface area contributed by atoms with Crippen LogP contribution in [0.25, 0.3) is 0 Å². The number of hydrogen-bond acceptors (Lipinski definition) is 0. The first-order chi connectivity index (χ1) is 9.00. The van der Waals surface area contributed by atoms with Crippen molar-refractivity contribution in [1.82, 2.24) is 0 Å². The average Bonchev–Trinajstić information content (AvgIpc) is 2.54. The molecule has 1 heteroatoms. The Morgan fingerprint density at radius 2 is 0.526 bits per heavy atom. The molecule has 0 amide bonds. The van der Waals surface area contributed by atoms with E-state index in [9.17, 15) is 0 Å². The maximum atomic E-state index is 2.89. The predicted molar refractivity (Wildman–Crippen MR) is 75.8 cm³/mol. The zero-order valence-corrected chi connectivity index (χ0v) is 12.4. The van der Waals surface area contributed by atoms with Gasteiger partial charge in [0.05, 0.1) is 0 Å². The molecule has 0 N–H and O–H groups in total. The molecule has 0 aliphatic heterocycles. The smallest absolute Gasteiger partial charge is 0 e. The summed E-state index contributed by atoms with van der Waals surface area (Å²) in [6.07, 6.45) is 0. The number of hydrogen-bond donors (Lipinski definition) is 0. The van der Waals surface area contributed by atoms with Crippen LogP contribution >= 0.6 is 0 Å². The Labute approximate surface area is 129 Å².